The standard InChI is InChI=1S/C20H24FN3O2/c1-2-22-20(24-14-16-6-3-4-7-17(16)21)23-13-15-8-9-18-19(12-15)26-11-5-10-25-18/h3-4,6-9,12H,2,5,10-11,13-14H2,1H3,(H2,22,23,24). The first-order valence-corrected chi connectivity index (χ1v) is 8.90. The van der Waals surface area contributed by atoms with Gasteiger partial charge >= 0.3 is 0 Å². The van der Waals surface area contributed by atoms with Gasteiger partial charge in [-0.2, -0.15) is 0 Å². The summed E-state index contributed by atoms with van der Waals surface area (Å²) in [6.07, 6.45) is 0.882. The lowest BCUT2D eigenvalue weighted by Gasteiger charge is -2.12. The topological polar surface area (TPSA) is 54.9 Å². The van der Waals surface area contributed by atoms with Crippen LogP contribution in [0.4, 0.5) is 4.39 Å². The molecule has 26 heavy (non-hydrogen) atoms. The van der Waals surface area contributed by atoms with Crippen LogP contribution < -0.4 is 20.1 Å². The van der Waals surface area contributed by atoms with E-state index >= 15 is 0 Å². The first-order chi connectivity index (χ1) is 12.8. The summed E-state index contributed by atoms with van der Waals surface area (Å²) in [5, 5.41) is 6.34. The Labute approximate surface area is 153 Å². The van der Waals surface area contributed by atoms with Gasteiger partial charge in [0.2, 0.25) is 0 Å². The molecule has 0 unspecified atom stereocenters. The van der Waals surface area contributed by atoms with E-state index < -0.39 is 0 Å². The quantitative estimate of drug-likeness (QED) is 0.637. The molecule has 0 bridgehead atoms. The van der Waals surface area contributed by atoms with Crippen molar-refractivity contribution in [2.45, 2.75) is 26.4 Å². The van der Waals surface area contributed by atoms with Crippen LogP contribution in [0.1, 0.15) is 24.5 Å². The summed E-state index contributed by atoms with van der Waals surface area (Å²) in [6, 6.07) is 12.6. The molecular formula is C20H24FN3O2. The molecule has 0 saturated heterocycles. The molecule has 0 fully saturated rings. The summed E-state index contributed by atoms with van der Waals surface area (Å²) in [6.45, 7) is 4.92. The molecule has 0 amide bonds. The van der Waals surface area contributed by atoms with Gasteiger partial charge in [-0.15, -0.1) is 0 Å². The molecule has 1 aliphatic heterocycles. The van der Waals surface area contributed by atoms with Gasteiger partial charge in [0.15, 0.2) is 17.5 Å². The zero-order valence-electron chi connectivity index (χ0n) is 14.9. The minimum atomic E-state index is -0.223. The molecule has 138 valence electrons. The molecule has 3 rings (SSSR count). The van der Waals surface area contributed by atoms with Crippen molar-refractivity contribution in [2.75, 3.05) is 19.8 Å². The monoisotopic (exact) mass is 357 g/mol. The number of hydrogen-bond acceptors (Lipinski definition) is 3. The number of halogens is 1. The molecule has 0 radical (unpaired) electrons. The maximum atomic E-state index is 13.7. The number of ether oxygens (including phenoxy) is 2. The van der Waals surface area contributed by atoms with Crippen LogP contribution in [0.25, 0.3) is 0 Å². The van der Waals surface area contributed by atoms with E-state index in [4.69, 9.17) is 9.47 Å². The van der Waals surface area contributed by atoms with E-state index in [1.165, 1.54) is 6.07 Å². The third kappa shape index (κ3) is 4.88. The number of benzene rings is 2. The van der Waals surface area contributed by atoms with Gasteiger partial charge in [-0.3, -0.25) is 0 Å². The molecule has 2 aromatic rings. The smallest absolute Gasteiger partial charge is 0.191 e. The lowest BCUT2D eigenvalue weighted by Crippen LogP contribution is -2.37. The van der Waals surface area contributed by atoms with Crippen LogP contribution in [0, 0.1) is 5.82 Å². The zero-order chi connectivity index (χ0) is 18.2. The zero-order valence-corrected chi connectivity index (χ0v) is 14.9. The Hall–Kier alpha value is -2.76. The SMILES string of the molecule is CCNC(=NCc1ccc2c(c1)OCCCO2)NCc1ccccc1F. The van der Waals surface area contributed by atoms with Crippen LogP contribution in [0.15, 0.2) is 47.5 Å². The Kier molecular flexibility index (Phi) is 6.30. The Morgan fingerprint density at radius 2 is 1.88 bits per heavy atom. The minimum Gasteiger partial charge on any atom is -0.490 e. The summed E-state index contributed by atoms with van der Waals surface area (Å²) >= 11 is 0. The number of nitrogens with zero attached hydrogens (tertiary/aromatic N) is 1. The average molecular weight is 357 g/mol. The number of guanidine groups is 1. The third-order valence-corrected chi connectivity index (χ3v) is 3.98. The Morgan fingerprint density at radius 1 is 1.08 bits per heavy atom. The van der Waals surface area contributed by atoms with Crippen LogP contribution in [0.3, 0.4) is 0 Å². The molecule has 1 aliphatic rings. The van der Waals surface area contributed by atoms with Crippen molar-refractivity contribution in [2.24, 2.45) is 4.99 Å². The van der Waals surface area contributed by atoms with Crippen molar-refractivity contribution in [1.29, 1.82) is 0 Å². The molecule has 1 heterocycles. The maximum Gasteiger partial charge on any atom is 0.191 e. The maximum absolute atomic E-state index is 13.7. The number of rotatable bonds is 5. The predicted octanol–water partition coefficient (Wildman–Crippen LogP) is 3.24. The van der Waals surface area contributed by atoms with Gasteiger partial charge < -0.3 is 20.1 Å². The highest BCUT2D eigenvalue weighted by Crippen LogP contribution is 2.30. The van der Waals surface area contributed by atoms with Crippen molar-refractivity contribution in [3.63, 3.8) is 0 Å². The van der Waals surface area contributed by atoms with Crippen LogP contribution >= 0.6 is 0 Å². The molecule has 0 saturated carbocycles. The molecule has 6 heteroatoms. The average Bonchev–Trinajstić information content (AvgIpc) is 2.90. The second-order valence-corrected chi connectivity index (χ2v) is 5.97. The van der Waals surface area contributed by atoms with E-state index in [0.29, 0.717) is 37.8 Å². The predicted molar refractivity (Wildman–Crippen MR) is 100 cm³/mol. The lowest BCUT2D eigenvalue weighted by atomic mass is 10.2. The molecular weight excluding hydrogens is 333 g/mol. The summed E-state index contributed by atoms with van der Waals surface area (Å²) in [5.74, 6) is 1.96. The molecule has 0 aliphatic carbocycles. The van der Waals surface area contributed by atoms with Gasteiger partial charge in [-0.1, -0.05) is 24.3 Å². The number of fused-ring (bicyclic) bond motifs is 1. The lowest BCUT2D eigenvalue weighted by molar-refractivity contribution is 0.297. The summed E-state index contributed by atoms with van der Waals surface area (Å²) < 4.78 is 25.1. The van der Waals surface area contributed by atoms with Crippen LogP contribution in [-0.2, 0) is 13.1 Å². The highest BCUT2D eigenvalue weighted by atomic mass is 19.1. The van der Waals surface area contributed by atoms with Crippen LogP contribution in [0.5, 0.6) is 11.5 Å². The van der Waals surface area contributed by atoms with E-state index in [2.05, 4.69) is 15.6 Å². The second kappa shape index (κ2) is 9.08. The summed E-state index contributed by atoms with van der Waals surface area (Å²) in [7, 11) is 0. The van der Waals surface area contributed by atoms with Crippen molar-refractivity contribution < 1.29 is 13.9 Å². The first-order valence-electron chi connectivity index (χ1n) is 8.90. The van der Waals surface area contributed by atoms with Gasteiger partial charge in [-0.25, -0.2) is 9.38 Å². The number of nitrogens with one attached hydrogen (secondary N) is 2. The van der Waals surface area contributed by atoms with Gasteiger partial charge in [0.05, 0.1) is 19.8 Å². The highest BCUT2D eigenvalue weighted by molar-refractivity contribution is 5.79. The van der Waals surface area contributed by atoms with Crippen molar-refractivity contribution in [3.8, 4) is 11.5 Å². The third-order valence-electron chi connectivity index (χ3n) is 3.98. The van der Waals surface area contributed by atoms with Crippen molar-refractivity contribution >= 4 is 5.96 Å². The second-order valence-electron chi connectivity index (χ2n) is 5.97. The Balaban J connectivity index is 1.65. The van der Waals surface area contributed by atoms with Gasteiger partial charge in [0.25, 0.3) is 0 Å². The van der Waals surface area contributed by atoms with Crippen molar-refractivity contribution in [3.05, 3.63) is 59.4 Å². The fraction of sp³-hybridized carbons (Fsp3) is 0.350. The van der Waals surface area contributed by atoms with Crippen molar-refractivity contribution in [1.82, 2.24) is 10.6 Å². The van der Waals surface area contributed by atoms with Gasteiger partial charge in [0, 0.05) is 25.1 Å². The van der Waals surface area contributed by atoms with E-state index in [9.17, 15) is 4.39 Å². The minimum absolute atomic E-state index is 0.223. The van der Waals surface area contributed by atoms with E-state index in [-0.39, 0.29) is 5.82 Å². The fourth-order valence-electron chi connectivity index (χ4n) is 2.64. The Morgan fingerprint density at radius 3 is 2.69 bits per heavy atom. The number of aliphatic imine (C=N–C) groups is 1. The highest BCUT2D eigenvalue weighted by Gasteiger charge is 2.10. The normalized spacial score (nSPS) is 13.8. The van der Waals surface area contributed by atoms with Crippen LogP contribution in [-0.4, -0.2) is 25.7 Å². The fourth-order valence-corrected chi connectivity index (χ4v) is 2.64. The Bertz CT molecular complexity index is 764. The summed E-state index contributed by atoms with van der Waals surface area (Å²) in [5.41, 5.74) is 1.63. The van der Waals surface area contributed by atoms with Gasteiger partial charge in [-0.05, 0) is 30.7 Å². The van der Waals surface area contributed by atoms with Gasteiger partial charge in [0.1, 0.15) is 5.82 Å². The first kappa shape index (κ1) is 18.0. The molecule has 2 aromatic carbocycles. The molecule has 5 nitrogen and oxygen atoms in total. The largest absolute Gasteiger partial charge is 0.490 e. The van der Waals surface area contributed by atoms with Crippen LogP contribution in [0.2, 0.25) is 0 Å². The molecule has 0 atom stereocenters. The molecule has 2 N–H and O–H groups in total. The van der Waals surface area contributed by atoms with E-state index in [1.54, 1.807) is 12.1 Å². The summed E-state index contributed by atoms with van der Waals surface area (Å²) in [4.78, 5) is 4.58. The number of hydrogen-bond donors (Lipinski definition) is 2. The molecule has 0 aromatic heterocycles. The molecule has 0 spiro atoms. The van der Waals surface area contributed by atoms with E-state index in [1.807, 2.05) is 31.2 Å². The van der Waals surface area contributed by atoms with E-state index in [0.717, 1.165) is 30.0 Å².